The van der Waals surface area contributed by atoms with Crippen LogP contribution in [0.4, 0.5) is 0 Å². The topological polar surface area (TPSA) is 35.6 Å². The van der Waals surface area contributed by atoms with Gasteiger partial charge in [-0.15, -0.1) is 12.4 Å². The molecule has 0 atom stereocenters. The first-order chi connectivity index (χ1) is 8.44. The summed E-state index contributed by atoms with van der Waals surface area (Å²) >= 11 is 0. The van der Waals surface area contributed by atoms with Crippen LogP contribution in [-0.2, 0) is 4.79 Å². The average Bonchev–Trinajstić information content (AvgIpc) is 2.15. The van der Waals surface area contributed by atoms with Crippen molar-refractivity contribution >= 4 is 18.3 Å². The summed E-state index contributed by atoms with van der Waals surface area (Å²) in [4.78, 5) is 16.7. The Labute approximate surface area is 123 Å². The van der Waals surface area contributed by atoms with Crippen LogP contribution in [0, 0.1) is 0 Å². The molecule has 0 spiro atoms. The molecule has 2 aliphatic rings. The summed E-state index contributed by atoms with van der Waals surface area (Å²) in [7, 11) is 0. The van der Waals surface area contributed by atoms with Gasteiger partial charge < -0.3 is 5.32 Å². The molecule has 1 saturated carbocycles. The summed E-state index contributed by atoms with van der Waals surface area (Å²) in [5, 5.41) is 3.03. The molecule has 112 valence electrons. The Bertz CT molecular complexity index is 292. The third-order valence-corrected chi connectivity index (χ3v) is 3.88. The number of carbonyl (C=O) groups is 1. The van der Waals surface area contributed by atoms with Crippen LogP contribution in [0.2, 0.25) is 0 Å². The highest BCUT2D eigenvalue weighted by Gasteiger charge is 2.28. The summed E-state index contributed by atoms with van der Waals surface area (Å²) in [5.41, 5.74) is -0.120. The number of carbonyl (C=O) groups excluding carboxylic acids is 1. The summed E-state index contributed by atoms with van der Waals surface area (Å²) in [6.45, 7) is 11.0. The molecule has 2 fully saturated rings. The maximum Gasteiger partial charge on any atom is 0.234 e. The van der Waals surface area contributed by atoms with E-state index in [9.17, 15) is 4.79 Å². The van der Waals surface area contributed by atoms with Crippen molar-refractivity contribution in [1.29, 1.82) is 0 Å². The van der Waals surface area contributed by atoms with E-state index in [1.54, 1.807) is 0 Å². The van der Waals surface area contributed by atoms with Gasteiger partial charge in [-0.3, -0.25) is 14.6 Å². The number of rotatable bonds is 3. The van der Waals surface area contributed by atoms with Gasteiger partial charge in [-0.2, -0.15) is 0 Å². The van der Waals surface area contributed by atoms with Crippen LogP contribution in [0.15, 0.2) is 0 Å². The fourth-order valence-electron chi connectivity index (χ4n) is 2.70. The van der Waals surface area contributed by atoms with Gasteiger partial charge in [-0.05, 0) is 33.6 Å². The molecule has 1 N–H and O–H groups in total. The molecule has 1 aliphatic carbocycles. The van der Waals surface area contributed by atoms with E-state index in [4.69, 9.17) is 0 Å². The Hall–Kier alpha value is -0.320. The van der Waals surface area contributed by atoms with Crippen LogP contribution in [0.1, 0.15) is 40.0 Å². The van der Waals surface area contributed by atoms with E-state index in [1.807, 2.05) is 20.8 Å². The molecule has 19 heavy (non-hydrogen) atoms. The molecule has 0 aromatic rings. The first-order valence-electron chi connectivity index (χ1n) is 7.21. The standard InChI is InChI=1S/C14H27N3O.ClH/c1-14(2,3)15-13(18)11-16-7-9-17(10-8-16)12-5-4-6-12;/h12H,4-11H2,1-3H3,(H,15,18);1H. The Balaban J connectivity index is 0.00000180. The van der Waals surface area contributed by atoms with E-state index in [1.165, 1.54) is 19.3 Å². The van der Waals surface area contributed by atoms with Crippen LogP contribution in [0.25, 0.3) is 0 Å². The second-order valence-electron chi connectivity index (χ2n) is 6.70. The van der Waals surface area contributed by atoms with E-state index in [-0.39, 0.29) is 23.9 Å². The molecule has 0 unspecified atom stereocenters. The van der Waals surface area contributed by atoms with Gasteiger partial charge in [0.2, 0.25) is 5.91 Å². The van der Waals surface area contributed by atoms with Gasteiger partial charge >= 0.3 is 0 Å². The molecular weight excluding hydrogens is 262 g/mol. The predicted octanol–water partition coefficient (Wildman–Crippen LogP) is 1.49. The lowest BCUT2D eigenvalue weighted by Gasteiger charge is -2.42. The van der Waals surface area contributed by atoms with Crippen molar-refractivity contribution in [3.05, 3.63) is 0 Å². The third kappa shape index (κ3) is 5.28. The lowest BCUT2D eigenvalue weighted by molar-refractivity contribution is -0.124. The molecule has 2 rings (SSSR count). The third-order valence-electron chi connectivity index (χ3n) is 3.88. The number of piperazine rings is 1. The quantitative estimate of drug-likeness (QED) is 0.855. The first kappa shape index (κ1) is 16.7. The fourth-order valence-corrected chi connectivity index (χ4v) is 2.70. The largest absolute Gasteiger partial charge is 0.350 e. The summed E-state index contributed by atoms with van der Waals surface area (Å²) in [6, 6.07) is 0.843. The second-order valence-corrected chi connectivity index (χ2v) is 6.70. The second kappa shape index (κ2) is 6.91. The van der Waals surface area contributed by atoms with Crippen molar-refractivity contribution in [1.82, 2.24) is 15.1 Å². The summed E-state index contributed by atoms with van der Waals surface area (Å²) in [5.74, 6) is 0.152. The van der Waals surface area contributed by atoms with Gasteiger partial charge in [0.05, 0.1) is 6.54 Å². The van der Waals surface area contributed by atoms with Crippen molar-refractivity contribution in [2.45, 2.75) is 51.6 Å². The molecule has 1 heterocycles. The van der Waals surface area contributed by atoms with Crippen LogP contribution in [-0.4, -0.2) is 60.0 Å². The highest BCUT2D eigenvalue weighted by Crippen LogP contribution is 2.25. The number of halogens is 1. The average molecular weight is 290 g/mol. The lowest BCUT2D eigenvalue weighted by atomic mass is 9.91. The lowest BCUT2D eigenvalue weighted by Crippen LogP contribution is -2.54. The molecule has 0 radical (unpaired) electrons. The normalized spacial score (nSPS) is 22.5. The van der Waals surface area contributed by atoms with Crippen molar-refractivity contribution in [3.63, 3.8) is 0 Å². The SMILES string of the molecule is CC(C)(C)NC(=O)CN1CCN(C2CCC2)CC1.Cl. The monoisotopic (exact) mass is 289 g/mol. The number of nitrogens with one attached hydrogen (secondary N) is 1. The predicted molar refractivity (Wildman–Crippen MR) is 80.8 cm³/mol. The van der Waals surface area contributed by atoms with Gasteiger partial charge in [-0.25, -0.2) is 0 Å². The van der Waals surface area contributed by atoms with E-state index >= 15 is 0 Å². The Morgan fingerprint density at radius 1 is 1.16 bits per heavy atom. The number of hydrogen-bond donors (Lipinski definition) is 1. The Morgan fingerprint density at radius 2 is 1.74 bits per heavy atom. The van der Waals surface area contributed by atoms with Crippen LogP contribution < -0.4 is 5.32 Å². The highest BCUT2D eigenvalue weighted by molar-refractivity contribution is 5.85. The number of hydrogen-bond acceptors (Lipinski definition) is 3. The van der Waals surface area contributed by atoms with Crippen molar-refractivity contribution in [2.75, 3.05) is 32.7 Å². The molecule has 0 bridgehead atoms. The van der Waals surface area contributed by atoms with Crippen LogP contribution in [0.5, 0.6) is 0 Å². The molecule has 0 aromatic carbocycles. The summed E-state index contributed by atoms with van der Waals surface area (Å²) < 4.78 is 0. The summed E-state index contributed by atoms with van der Waals surface area (Å²) in [6.07, 6.45) is 4.16. The zero-order chi connectivity index (χ0) is 13.2. The minimum Gasteiger partial charge on any atom is -0.350 e. The van der Waals surface area contributed by atoms with Crippen LogP contribution >= 0.6 is 12.4 Å². The molecule has 0 aromatic heterocycles. The number of nitrogens with zero attached hydrogens (tertiary/aromatic N) is 2. The van der Waals surface area contributed by atoms with Crippen LogP contribution in [0.3, 0.4) is 0 Å². The Kier molecular flexibility index (Phi) is 6.09. The van der Waals surface area contributed by atoms with Crippen molar-refractivity contribution < 1.29 is 4.79 Å². The first-order valence-corrected chi connectivity index (χ1v) is 7.21. The Morgan fingerprint density at radius 3 is 2.16 bits per heavy atom. The van der Waals surface area contributed by atoms with Gasteiger partial charge in [0.1, 0.15) is 0 Å². The van der Waals surface area contributed by atoms with Gasteiger partial charge in [0, 0.05) is 37.8 Å². The van der Waals surface area contributed by atoms with Gasteiger partial charge in [0.15, 0.2) is 0 Å². The molecule has 1 amide bonds. The number of amides is 1. The van der Waals surface area contributed by atoms with Crippen molar-refractivity contribution in [2.24, 2.45) is 0 Å². The highest BCUT2D eigenvalue weighted by atomic mass is 35.5. The van der Waals surface area contributed by atoms with Gasteiger partial charge in [0.25, 0.3) is 0 Å². The smallest absolute Gasteiger partial charge is 0.234 e. The minimum absolute atomic E-state index is 0. The molecule has 1 saturated heterocycles. The molecule has 5 heteroatoms. The minimum atomic E-state index is -0.120. The zero-order valence-corrected chi connectivity index (χ0v) is 13.3. The van der Waals surface area contributed by atoms with E-state index < -0.39 is 0 Å². The van der Waals surface area contributed by atoms with E-state index in [2.05, 4.69) is 15.1 Å². The zero-order valence-electron chi connectivity index (χ0n) is 12.4. The fraction of sp³-hybridized carbons (Fsp3) is 0.929. The maximum absolute atomic E-state index is 11.8. The van der Waals surface area contributed by atoms with Crippen molar-refractivity contribution in [3.8, 4) is 0 Å². The van der Waals surface area contributed by atoms with Gasteiger partial charge in [-0.1, -0.05) is 6.42 Å². The molecule has 4 nitrogen and oxygen atoms in total. The molecule has 1 aliphatic heterocycles. The maximum atomic E-state index is 11.8. The van der Waals surface area contributed by atoms with E-state index in [0.717, 1.165) is 32.2 Å². The molecular formula is C14H28ClN3O. The van der Waals surface area contributed by atoms with E-state index in [0.29, 0.717) is 6.54 Å².